The van der Waals surface area contributed by atoms with Crippen LogP contribution >= 0.6 is 0 Å². The van der Waals surface area contributed by atoms with E-state index < -0.39 is 0 Å². The van der Waals surface area contributed by atoms with Crippen LogP contribution in [0.25, 0.3) is 27.5 Å². The van der Waals surface area contributed by atoms with Crippen LogP contribution in [0.15, 0.2) is 48.8 Å². The molecule has 2 N–H and O–H groups in total. The molecule has 0 aliphatic heterocycles. The highest BCUT2D eigenvalue weighted by Gasteiger charge is 2.30. The van der Waals surface area contributed by atoms with Crippen LogP contribution < -0.4 is 15.4 Å². The zero-order valence-corrected chi connectivity index (χ0v) is 16.8. The summed E-state index contributed by atoms with van der Waals surface area (Å²) in [5.41, 5.74) is 3.82. The summed E-state index contributed by atoms with van der Waals surface area (Å²) in [5.74, 6) is 1.02. The SMILES string of the molecule is COc1nc(NC2CC(NC(C)=O)C2)nn2ccc(-c3ccc4ncccc4c3)c12. The summed E-state index contributed by atoms with van der Waals surface area (Å²) in [5, 5.41) is 12.0. The monoisotopic (exact) mass is 402 g/mol. The smallest absolute Gasteiger partial charge is 0.244 e. The second-order valence-corrected chi connectivity index (χ2v) is 7.59. The number of fused-ring (bicyclic) bond motifs is 2. The summed E-state index contributed by atoms with van der Waals surface area (Å²) in [6.45, 7) is 1.54. The van der Waals surface area contributed by atoms with Crippen molar-refractivity contribution in [2.75, 3.05) is 12.4 Å². The number of pyridine rings is 1. The minimum Gasteiger partial charge on any atom is -0.479 e. The minimum atomic E-state index is 0.00197. The molecule has 0 bridgehead atoms. The summed E-state index contributed by atoms with van der Waals surface area (Å²) in [6.07, 6.45) is 5.41. The second kappa shape index (κ2) is 7.29. The summed E-state index contributed by atoms with van der Waals surface area (Å²) < 4.78 is 7.39. The molecule has 8 nitrogen and oxygen atoms in total. The molecule has 3 heterocycles. The zero-order valence-electron chi connectivity index (χ0n) is 16.8. The predicted octanol–water partition coefficient (Wildman–Crippen LogP) is 3.03. The maximum Gasteiger partial charge on any atom is 0.244 e. The number of carbonyl (C=O) groups excluding carboxylic acids is 1. The number of aromatic nitrogens is 4. The molecular weight excluding hydrogens is 380 g/mol. The summed E-state index contributed by atoms with van der Waals surface area (Å²) in [4.78, 5) is 20.1. The molecule has 0 atom stereocenters. The molecule has 0 radical (unpaired) electrons. The van der Waals surface area contributed by atoms with Gasteiger partial charge in [0.05, 0.1) is 12.6 Å². The lowest BCUT2D eigenvalue weighted by atomic mass is 9.87. The first kappa shape index (κ1) is 18.4. The molecule has 3 aromatic heterocycles. The Morgan fingerprint density at radius 1 is 1.20 bits per heavy atom. The molecule has 8 heteroatoms. The third-order valence-corrected chi connectivity index (χ3v) is 5.47. The van der Waals surface area contributed by atoms with Crippen molar-refractivity contribution in [2.45, 2.75) is 31.8 Å². The molecule has 5 rings (SSSR count). The minimum absolute atomic E-state index is 0.00197. The molecule has 1 aliphatic carbocycles. The van der Waals surface area contributed by atoms with Gasteiger partial charge in [0.15, 0.2) is 0 Å². The van der Waals surface area contributed by atoms with Crippen LogP contribution in [-0.2, 0) is 4.79 Å². The molecule has 1 saturated carbocycles. The molecule has 1 aliphatic rings. The zero-order chi connectivity index (χ0) is 20.7. The lowest BCUT2D eigenvalue weighted by molar-refractivity contribution is -0.120. The van der Waals surface area contributed by atoms with Crippen molar-refractivity contribution in [3.05, 3.63) is 48.8 Å². The van der Waals surface area contributed by atoms with Crippen LogP contribution in [0.2, 0.25) is 0 Å². The van der Waals surface area contributed by atoms with E-state index in [9.17, 15) is 4.79 Å². The first-order valence-electron chi connectivity index (χ1n) is 9.93. The predicted molar refractivity (Wildman–Crippen MR) is 115 cm³/mol. The van der Waals surface area contributed by atoms with Crippen molar-refractivity contribution in [3.8, 4) is 17.0 Å². The van der Waals surface area contributed by atoms with Gasteiger partial charge in [0.2, 0.25) is 17.7 Å². The highest BCUT2D eigenvalue weighted by atomic mass is 16.5. The quantitative estimate of drug-likeness (QED) is 0.533. The van der Waals surface area contributed by atoms with Crippen molar-refractivity contribution in [1.29, 1.82) is 0 Å². The Morgan fingerprint density at radius 2 is 2.07 bits per heavy atom. The highest BCUT2D eigenvalue weighted by Crippen LogP contribution is 2.33. The first-order valence-corrected chi connectivity index (χ1v) is 9.93. The number of rotatable bonds is 5. The fraction of sp³-hybridized carbons (Fsp3) is 0.273. The molecule has 30 heavy (non-hydrogen) atoms. The normalized spacial score (nSPS) is 18.2. The number of anilines is 1. The Kier molecular flexibility index (Phi) is 4.46. The molecular formula is C22H22N6O2. The van der Waals surface area contributed by atoms with Gasteiger partial charge in [-0.05, 0) is 42.7 Å². The topological polar surface area (TPSA) is 93.4 Å². The van der Waals surface area contributed by atoms with Crippen LogP contribution in [0.4, 0.5) is 5.95 Å². The molecule has 1 amide bonds. The van der Waals surface area contributed by atoms with Gasteiger partial charge in [0.1, 0.15) is 5.52 Å². The lowest BCUT2D eigenvalue weighted by Gasteiger charge is -2.35. The Labute approximate surface area is 173 Å². The Morgan fingerprint density at radius 3 is 2.87 bits per heavy atom. The molecule has 0 saturated heterocycles. The number of carbonyl (C=O) groups is 1. The van der Waals surface area contributed by atoms with Crippen molar-refractivity contribution in [2.24, 2.45) is 0 Å². The number of hydrogen-bond donors (Lipinski definition) is 2. The van der Waals surface area contributed by atoms with E-state index >= 15 is 0 Å². The maximum absolute atomic E-state index is 11.2. The Hall–Kier alpha value is -3.68. The number of benzene rings is 1. The van der Waals surface area contributed by atoms with Crippen molar-refractivity contribution in [3.63, 3.8) is 0 Å². The molecule has 152 valence electrons. The molecule has 4 aromatic rings. The van der Waals surface area contributed by atoms with Gasteiger partial charge in [0, 0.05) is 42.4 Å². The highest BCUT2D eigenvalue weighted by molar-refractivity contribution is 5.90. The van der Waals surface area contributed by atoms with E-state index in [2.05, 4.69) is 31.8 Å². The third kappa shape index (κ3) is 3.30. The lowest BCUT2D eigenvalue weighted by Crippen LogP contribution is -2.49. The first-order chi connectivity index (χ1) is 14.6. The van der Waals surface area contributed by atoms with Gasteiger partial charge in [-0.2, -0.15) is 4.98 Å². The van der Waals surface area contributed by atoms with Gasteiger partial charge in [-0.15, -0.1) is 5.10 Å². The Bertz CT molecular complexity index is 1250. The van der Waals surface area contributed by atoms with Crippen LogP contribution in [0.5, 0.6) is 5.88 Å². The fourth-order valence-electron chi connectivity index (χ4n) is 4.00. The summed E-state index contributed by atoms with van der Waals surface area (Å²) in [6, 6.07) is 12.6. The third-order valence-electron chi connectivity index (χ3n) is 5.47. The van der Waals surface area contributed by atoms with E-state index in [0.717, 1.165) is 40.4 Å². The summed E-state index contributed by atoms with van der Waals surface area (Å²) >= 11 is 0. The molecule has 1 aromatic carbocycles. The number of nitrogens with one attached hydrogen (secondary N) is 2. The maximum atomic E-state index is 11.2. The summed E-state index contributed by atoms with van der Waals surface area (Å²) in [7, 11) is 1.61. The van der Waals surface area contributed by atoms with E-state index in [0.29, 0.717) is 11.8 Å². The fourth-order valence-corrected chi connectivity index (χ4v) is 4.00. The molecule has 0 spiro atoms. The van der Waals surface area contributed by atoms with E-state index in [1.807, 2.05) is 36.5 Å². The van der Waals surface area contributed by atoms with Gasteiger partial charge in [-0.25, -0.2) is 4.52 Å². The van der Waals surface area contributed by atoms with Crippen LogP contribution in [0.3, 0.4) is 0 Å². The van der Waals surface area contributed by atoms with Gasteiger partial charge < -0.3 is 15.4 Å². The number of ether oxygens (including phenoxy) is 1. The van der Waals surface area contributed by atoms with E-state index in [-0.39, 0.29) is 18.0 Å². The van der Waals surface area contributed by atoms with Crippen LogP contribution in [-0.4, -0.2) is 44.7 Å². The number of hydrogen-bond acceptors (Lipinski definition) is 6. The van der Waals surface area contributed by atoms with Crippen molar-refractivity contribution in [1.82, 2.24) is 24.9 Å². The van der Waals surface area contributed by atoms with Gasteiger partial charge in [0.25, 0.3) is 0 Å². The average molecular weight is 402 g/mol. The molecule has 0 unspecified atom stereocenters. The van der Waals surface area contributed by atoms with Crippen LogP contribution in [0, 0.1) is 0 Å². The van der Waals surface area contributed by atoms with Crippen molar-refractivity contribution < 1.29 is 9.53 Å². The Balaban J connectivity index is 1.45. The molecule has 1 fully saturated rings. The second-order valence-electron chi connectivity index (χ2n) is 7.59. The average Bonchev–Trinajstić information content (AvgIpc) is 3.15. The van der Waals surface area contributed by atoms with E-state index in [4.69, 9.17) is 4.74 Å². The van der Waals surface area contributed by atoms with Gasteiger partial charge >= 0.3 is 0 Å². The van der Waals surface area contributed by atoms with E-state index in [1.165, 1.54) is 0 Å². The number of nitrogens with zero attached hydrogens (tertiary/aromatic N) is 4. The van der Waals surface area contributed by atoms with Gasteiger partial charge in [-0.3, -0.25) is 9.78 Å². The van der Waals surface area contributed by atoms with Gasteiger partial charge in [-0.1, -0.05) is 12.1 Å². The standard InChI is InChI=1S/C22H22N6O2/c1-13(29)24-16-11-17(12-16)25-22-26-21(30-2)20-18(7-9-28(20)27-22)14-5-6-19-15(10-14)4-3-8-23-19/h3-10,16-17H,11-12H2,1-2H3,(H,24,29)(H,25,27). The number of methoxy groups -OCH3 is 1. The van der Waals surface area contributed by atoms with Crippen molar-refractivity contribution >= 4 is 28.3 Å². The van der Waals surface area contributed by atoms with E-state index in [1.54, 1.807) is 24.7 Å². The number of amides is 1. The largest absolute Gasteiger partial charge is 0.479 e. The van der Waals surface area contributed by atoms with Crippen LogP contribution in [0.1, 0.15) is 19.8 Å².